The SMILES string of the molecule is CC[C@@H](C)NC(=O)[C@@H](C)NC(=O)NCc1ccc(C#N)cc1F. The van der Waals surface area contributed by atoms with E-state index in [4.69, 9.17) is 5.26 Å². The van der Waals surface area contributed by atoms with Gasteiger partial charge in [-0.25, -0.2) is 9.18 Å². The van der Waals surface area contributed by atoms with Gasteiger partial charge in [-0.15, -0.1) is 0 Å². The summed E-state index contributed by atoms with van der Waals surface area (Å²) in [7, 11) is 0. The fraction of sp³-hybridized carbons (Fsp3) is 0.438. The van der Waals surface area contributed by atoms with Crippen molar-refractivity contribution in [2.24, 2.45) is 0 Å². The van der Waals surface area contributed by atoms with E-state index in [2.05, 4.69) is 16.0 Å². The second-order valence-electron chi connectivity index (χ2n) is 5.28. The summed E-state index contributed by atoms with van der Waals surface area (Å²) in [5, 5.41) is 16.4. The van der Waals surface area contributed by atoms with Crippen LogP contribution in [0.2, 0.25) is 0 Å². The van der Waals surface area contributed by atoms with Gasteiger partial charge in [0.05, 0.1) is 11.6 Å². The van der Waals surface area contributed by atoms with E-state index in [9.17, 15) is 14.0 Å². The minimum atomic E-state index is -0.699. The summed E-state index contributed by atoms with van der Waals surface area (Å²) in [6.45, 7) is 5.35. The van der Waals surface area contributed by atoms with Gasteiger partial charge in [0.1, 0.15) is 11.9 Å². The van der Waals surface area contributed by atoms with E-state index in [1.807, 2.05) is 19.9 Å². The Labute approximate surface area is 135 Å². The van der Waals surface area contributed by atoms with Crippen molar-refractivity contribution in [3.8, 4) is 6.07 Å². The molecule has 3 amide bonds. The molecule has 23 heavy (non-hydrogen) atoms. The molecular formula is C16H21FN4O2. The molecule has 1 aromatic rings. The predicted molar refractivity (Wildman–Crippen MR) is 83.8 cm³/mol. The highest BCUT2D eigenvalue weighted by Gasteiger charge is 2.16. The number of carbonyl (C=O) groups is 2. The Morgan fingerprint density at radius 3 is 2.57 bits per heavy atom. The molecule has 0 unspecified atom stereocenters. The predicted octanol–water partition coefficient (Wildman–Crippen LogP) is 1.80. The minimum Gasteiger partial charge on any atom is -0.352 e. The van der Waals surface area contributed by atoms with Crippen molar-refractivity contribution in [1.29, 1.82) is 5.26 Å². The largest absolute Gasteiger partial charge is 0.352 e. The summed E-state index contributed by atoms with van der Waals surface area (Å²) in [5.41, 5.74) is 0.474. The first kappa shape index (κ1) is 18.4. The quantitative estimate of drug-likeness (QED) is 0.746. The maximum atomic E-state index is 13.7. The molecule has 0 bridgehead atoms. The second kappa shape index (κ2) is 8.73. The molecule has 6 nitrogen and oxygen atoms in total. The number of nitriles is 1. The van der Waals surface area contributed by atoms with Gasteiger partial charge in [-0.05, 0) is 32.4 Å². The number of urea groups is 1. The van der Waals surface area contributed by atoms with Crippen LogP contribution < -0.4 is 16.0 Å². The monoisotopic (exact) mass is 320 g/mol. The zero-order valence-electron chi connectivity index (χ0n) is 13.4. The topological polar surface area (TPSA) is 94.0 Å². The first-order chi connectivity index (χ1) is 10.9. The van der Waals surface area contributed by atoms with Crippen LogP contribution in [0, 0.1) is 17.1 Å². The Morgan fingerprint density at radius 1 is 1.30 bits per heavy atom. The van der Waals surface area contributed by atoms with Crippen LogP contribution in [-0.2, 0) is 11.3 Å². The fourth-order valence-corrected chi connectivity index (χ4v) is 1.72. The fourth-order valence-electron chi connectivity index (χ4n) is 1.72. The van der Waals surface area contributed by atoms with Gasteiger partial charge in [-0.2, -0.15) is 5.26 Å². The van der Waals surface area contributed by atoms with E-state index in [1.165, 1.54) is 12.1 Å². The standard InChI is InChI=1S/C16H21FN4O2/c1-4-10(2)20-15(22)11(3)21-16(23)19-9-13-6-5-12(8-18)7-14(13)17/h5-7,10-11H,4,9H2,1-3H3,(H,20,22)(H2,19,21,23)/t10-,11-/m1/s1. The summed E-state index contributed by atoms with van der Waals surface area (Å²) in [4.78, 5) is 23.5. The average Bonchev–Trinajstić information content (AvgIpc) is 2.53. The van der Waals surface area contributed by atoms with Crippen molar-refractivity contribution in [2.45, 2.75) is 45.8 Å². The highest BCUT2D eigenvalue weighted by molar-refractivity contribution is 5.86. The third-order valence-corrected chi connectivity index (χ3v) is 3.36. The van der Waals surface area contributed by atoms with E-state index in [-0.39, 0.29) is 29.6 Å². The van der Waals surface area contributed by atoms with Crippen LogP contribution in [-0.4, -0.2) is 24.0 Å². The Bertz CT molecular complexity index is 613. The summed E-state index contributed by atoms with van der Waals surface area (Å²) in [5.74, 6) is -0.842. The normalized spacial score (nSPS) is 12.7. The van der Waals surface area contributed by atoms with Crippen LogP contribution in [0.3, 0.4) is 0 Å². The molecule has 124 valence electrons. The summed E-state index contributed by atoms with van der Waals surface area (Å²) >= 11 is 0. The number of halogens is 1. The highest BCUT2D eigenvalue weighted by Crippen LogP contribution is 2.09. The molecule has 1 rings (SSSR count). The molecule has 7 heteroatoms. The van der Waals surface area contributed by atoms with Crippen LogP contribution in [0.25, 0.3) is 0 Å². The van der Waals surface area contributed by atoms with Gasteiger partial charge in [0.2, 0.25) is 5.91 Å². The molecular weight excluding hydrogens is 299 g/mol. The average molecular weight is 320 g/mol. The summed E-state index contributed by atoms with van der Waals surface area (Å²) in [6.07, 6.45) is 0.794. The van der Waals surface area contributed by atoms with Gasteiger partial charge in [0.25, 0.3) is 0 Å². The Hall–Kier alpha value is -2.62. The number of carbonyl (C=O) groups excluding carboxylic acids is 2. The zero-order valence-corrected chi connectivity index (χ0v) is 13.4. The number of rotatable bonds is 6. The third-order valence-electron chi connectivity index (χ3n) is 3.36. The van der Waals surface area contributed by atoms with Crippen LogP contribution in [0.4, 0.5) is 9.18 Å². The van der Waals surface area contributed by atoms with Crippen LogP contribution in [0.15, 0.2) is 18.2 Å². The number of hydrogen-bond acceptors (Lipinski definition) is 3. The Morgan fingerprint density at radius 2 is 2.00 bits per heavy atom. The van der Waals surface area contributed by atoms with Crippen LogP contribution >= 0.6 is 0 Å². The third kappa shape index (κ3) is 5.94. The van der Waals surface area contributed by atoms with Crippen molar-refractivity contribution in [1.82, 2.24) is 16.0 Å². The molecule has 0 aliphatic rings. The number of benzene rings is 1. The molecule has 0 heterocycles. The van der Waals surface area contributed by atoms with Crippen molar-refractivity contribution in [3.63, 3.8) is 0 Å². The van der Waals surface area contributed by atoms with E-state index in [0.717, 1.165) is 12.5 Å². The minimum absolute atomic E-state index is 0.0301. The van der Waals surface area contributed by atoms with Gasteiger partial charge in [-0.3, -0.25) is 4.79 Å². The lowest BCUT2D eigenvalue weighted by Gasteiger charge is -2.17. The van der Waals surface area contributed by atoms with E-state index in [0.29, 0.717) is 0 Å². The van der Waals surface area contributed by atoms with Crippen molar-refractivity contribution in [3.05, 3.63) is 35.1 Å². The Balaban J connectivity index is 2.48. The maximum absolute atomic E-state index is 13.7. The van der Waals surface area contributed by atoms with Gasteiger partial charge in [0.15, 0.2) is 0 Å². The molecule has 3 N–H and O–H groups in total. The number of nitrogens with one attached hydrogen (secondary N) is 3. The molecule has 1 aromatic carbocycles. The molecule has 0 saturated heterocycles. The smallest absolute Gasteiger partial charge is 0.315 e. The van der Waals surface area contributed by atoms with E-state index >= 15 is 0 Å². The molecule has 0 fully saturated rings. The summed E-state index contributed by atoms with van der Waals surface area (Å²) < 4.78 is 13.7. The lowest BCUT2D eigenvalue weighted by molar-refractivity contribution is -0.123. The summed E-state index contributed by atoms with van der Waals surface area (Å²) in [6, 6.07) is 4.61. The van der Waals surface area contributed by atoms with Crippen LogP contribution in [0.5, 0.6) is 0 Å². The number of amides is 3. The molecule has 2 atom stereocenters. The van der Waals surface area contributed by atoms with Crippen molar-refractivity contribution < 1.29 is 14.0 Å². The lowest BCUT2D eigenvalue weighted by atomic mass is 10.1. The molecule has 0 spiro atoms. The van der Waals surface area contributed by atoms with E-state index in [1.54, 1.807) is 6.92 Å². The highest BCUT2D eigenvalue weighted by atomic mass is 19.1. The number of nitrogens with zero attached hydrogens (tertiary/aromatic N) is 1. The number of hydrogen-bond donors (Lipinski definition) is 3. The van der Waals surface area contributed by atoms with Gasteiger partial charge < -0.3 is 16.0 Å². The first-order valence-corrected chi connectivity index (χ1v) is 7.40. The van der Waals surface area contributed by atoms with Crippen LogP contribution in [0.1, 0.15) is 38.3 Å². The first-order valence-electron chi connectivity index (χ1n) is 7.40. The molecule has 0 radical (unpaired) electrons. The van der Waals surface area contributed by atoms with Gasteiger partial charge >= 0.3 is 6.03 Å². The molecule has 0 aromatic heterocycles. The lowest BCUT2D eigenvalue weighted by Crippen LogP contribution is -2.50. The van der Waals surface area contributed by atoms with Crippen molar-refractivity contribution in [2.75, 3.05) is 0 Å². The molecule has 0 saturated carbocycles. The van der Waals surface area contributed by atoms with E-state index < -0.39 is 17.9 Å². The van der Waals surface area contributed by atoms with Crippen molar-refractivity contribution >= 4 is 11.9 Å². The van der Waals surface area contributed by atoms with Gasteiger partial charge in [0, 0.05) is 18.2 Å². The Kier molecular flexibility index (Phi) is 7.00. The zero-order chi connectivity index (χ0) is 17.4. The maximum Gasteiger partial charge on any atom is 0.315 e. The second-order valence-corrected chi connectivity index (χ2v) is 5.28. The molecule has 0 aliphatic carbocycles. The van der Waals surface area contributed by atoms with Gasteiger partial charge in [-0.1, -0.05) is 13.0 Å². The molecule has 0 aliphatic heterocycles.